The van der Waals surface area contributed by atoms with Gasteiger partial charge in [-0.15, -0.1) is 0 Å². The summed E-state index contributed by atoms with van der Waals surface area (Å²) in [6, 6.07) is 0. The van der Waals surface area contributed by atoms with E-state index in [0.29, 0.717) is 20.2 Å². The average Bonchev–Trinajstić information content (AvgIpc) is 3.36. The second kappa shape index (κ2) is 13.9. The quantitative estimate of drug-likeness (QED) is 0.264. The molecule has 7 N–H and O–H groups in total. The highest BCUT2D eigenvalue weighted by Gasteiger charge is 2.40. The highest BCUT2D eigenvalue weighted by molar-refractivity contribution is 5.88. The van der Waals surface area contributed by atoms with Gasteiger partial charge >= 0.3 is 17.9 Å². The average molecular weight is 496 g/mol. The molecule has 3 saturated heterocycles. The van der Waals surface area contributed by atoms with Gasteiger partial charge in [0, 0.05) is 16.6 Å². The van der Waals surface area contributed by atoms with Crippen LogP contribution in [0.25, 0.3) is 0 Å². The zero-order valence-corrected chi connectivity index (χ0v) is 20.9. The van der Waals surface area contributed by atoms with Gasteiger partial charge in [0.25, 0.3) is 0 Å². The van der Waals surface area contributed by atoms with Crippen LogP contribution in [0.3, 0.4) is 0 Å². The van der Waals surface area contributed by atoms with E-state index >= 15 is 0 Å². The van der Waals surface area contributed by atoms with Crippen LogP contribution in [0.2, 0.25) is 0 Å². The molecule has 200 valence electrons. The number of nitrogens with one attached hydrogen (secondary N) is 3. The van der Waals surface area contributed by atoms with Crippen molar-refractivity contribution in [3.8, 4) is 0 Å². The lowest BCUT2D eigenvalue weighted by atomic mass is 9.96. The maximum absolute atomic E-state index is 10.3. The van der Waals surface area contributed by atoms with E-state index in [1.807, 2.05) is 0 Å². The summed E-state index contributed by atoms with van der Waals surface area (Å²) in [5.41, 5.74) is -2.07. The minimum absolute atomic E-state index is 0.222. The van der Waals surface area contributed by atoms with E-state index in [-0.39, 0.29) is 16.6 Å². The lowest BCUT2D eigenvalue weighted by Gasteiger charge is -2.18. The van der Waals surface area contributed by atoms with Crippen LogP contribution in [0.5, 0.6) is 0 Å². The van der Waals surface area contributed by atoms with Crippen molar-refractivity contribution < 1.29 is 49.0 Å². The van der Waals surface area contributed by atoms with Gasteiger partial charge in [-0.1, -0.05) is 0 Å². The summed E-state index contributed by atoms with van der Waals surface area (Å²) < 4.78 is 15.1. The fourth-order valence-corrected chi connectivity index (χ4v) is 2.52. The predicted octanol–water partition coefficient (Wildman–Crippen LogP) is -0.222. The monoisotopic (exact) mass is 495 g/mol. The first kappa shape index (κ1) is 32.1. The number of aliphatic carboxylic acids is 3. The van der Waals surface area contributed by atoms with Crippen molar-refractivity contribution in [3.63, 3.8) is 0 Å². The van der Waals surface area contributed by atoms with Crippen molar-refractivity contribution in [2.75, 3.05) is 40.0 Å². The van der Waals surface area contributed by atoms with Gasteiger partial charge in [0.05, 0.1) is 52.9 Å². The molecule has 0 radical (unpaired) electrons. The number of ether oxygens (including phenoxy) is 3. The van der Waals surface area contributed by atoms with Crippen LogP contribution in [-0.4, -0.2) is 101 Å². The van der Waals surface area contributed by atoms with Crippen LogP contribution >= 0.6 is 0 Å². The van der Waals surface area contributed by atoms with Gasteiger partial charge in [0.1, 0.15) is 0 Å². The van der Waals surface area contributed by atoms with Crippen LogP contribution in [0, 0.1) is 0 Å². The van der Waals surface area contributed by atoms with Crippen LogP contribution in [0.15, 0.2) is 0 Å². The van der Waals surface area contributed by atoms with Gasteiger partial charge in [0.2, 0.25) is 0 Å². The van der Waals surface area contributed by atoms with Crippen molar-refractivity contribution in [1.82, 2.24) is 16.0 Å². The van der Waals surface area contributed by atoms with Gasteiger partial charge in [0.15, 0.2) is 5.60 Å². The molecule has 0 atom stereocenters. The topological polar surface area (TPSA) is 196 Å². The number of carboxylic acids is 3. The Balaban J connectivity index is 0.000000445. The van der Waals surface area contributed by atoms with Gasteiger partial charge in [-0.05, 0) is 41.5 Å². The van der Waals surface area contributed by atoms with Crippen molar-refractivity contribution in [3.05, 3.63) is 0 Å². The molecule has 34 heavy (non-hydrogen) atoms. The second-order valence-electron chi connectivity index (χ2n) is 10.1. The molecule has 0 aromatic heterocycles. The molecule has 0 aromatic rings. The molecule has 0 spiro atoms. The Bertz CT molecular complexity index is 580. The van der Waals surface area contributed by atoms with Gasteiger partial charge < -0.3 is 34.6 Å². The van der Waals surface area contributed by atoms with Gasteiger partial charge in [-0.25, -0.2) is 4.79 Å². The van der Waals surface area contributed by atoms with Crippen LogP contribution in [-0.2, 0) is 28.6 Å². The van der Waals surface area contributed by atoms with Crippen LogP contribution < -0.4 is 16.0 Å². The summed E-state index contributed by atoms with van der Waals surface area (Å²) in [4.78, 5) is 30.5. The maximum Gasteiger partial charge on any atom is 0.336 e. The number of rotatable bonds is 5. The zero-order chi connectivity index (χ0) is 26.6. The Kier molecular flexibility index (Phi) is 13.1. The Morgan fingerprint density at radius 3 is 1.03 bits per heavy atom. The second-order valence-corrected chi connectivity index (χ2v) is 10.1. The molecule has 3 rings (SSSR count). The van der Waals surface area contributed by atoms with Crippen molar-refractivity contribution in [1.29, 1.82) is 0 Å². The lowest BCUT2D eigenvalue weighted by molar-refractivity contribution is -0.170. The predicted molar refractivity (Wildman–Crippen MR) is 121 cm³/mol. The fraction of sp³-hybridized carbons (Fsp3) is 0.857. The summed E-state index contributed by atoms with van der Waals surface area (Å²) >= 11 is 0. The Labute approximate surface area is 200 Å². The number of hydrogen-bond donors (Lipinski definition) is 7. The van der Waals surface area contributed by atoms with E-state index in [9.17, 15) is 14.4 Å². The minimum Gasteiger partial charge on any atom is -0.481 e. The standard InChI is InChI=1S/C6H8O7.3C5H11NO/c7-3(8)1-6(13,5(11)12)2-4(9)10;3*1-5(2)3-7-4-6-5/h13H,1-2H2,(H,7,8)(H,9,10)(H,11,12);3*6H,3-4H2,1-2H3. The molecule has 0 aliphatic carbocycles. The smallest absolute Gasteiger partial charge is 0.336 e. The molecule has 0 amide bonds. The summed E-state index contributed by atoms with van der Waals surface area (Å²) in [5, 5.41) is 43.3. The van der Waals surface area contributed by atoms with Crippen molar-refractivity contribution in [2.24, 2.45) is 0 Å². The fourth-order valence-electron chi connectivity index (χ4n) is 2.52. The molecule has 3 aliphatic heterocycles. The molecule has 0 aromatic carbocycles. The molecular formula is C21H41N3O10. The van der Waals surface area contributed by atoms with E-state index in [2.05, 4.69) is 57.5 Å². The highest BCUT2D eigenvalue weighted by atomic mass is 16.5. The largest absolute Gasteiger partial charge is 0.481 e. The normalized spacial score (nSPS) is 21.6. The highest BCUT2D eigenvalue weighted by Crippen LogP contribution is 2.15. The Morgan fingerprint density at radius 1 is 0.676 bits per heavy atom. The van der Waals surface area contributed by atoms with E-state index in [1.165, 1.54) is 0 Å². The summed E-state index contributed by atoms with van der Waals surface area (Å²) in [5.74, 6) is -5.02. The first-order valence-electron chi connectivity index (χ1n) is 10.8. The first-order chi connectivity index (χ1) is 15.4. The van der Waals surface area contributed by atoms with E-state index in [0.717, 1.165) is 19.8 Å². The molecular weight excluding hydrogens is 454 g/mol. The SMILES string of the molecule is CC1(C)COCN1.CC1(C)COCN1.CC1(C)COCN1.O=C(O)CC(O)(CC(=O)O)C(=O)O. The molecule has 3 heterocycles. The third-order valence-electron chi connectivity index (χ3n) is 4.63. The van der Waals surface area contributed by atoms with E-state index in [1.54, 1.807) is 0 Å². The van der Waals surface area contributed by atoms with E-state index < -0.39 is 36.4 Å². The third-order valence-corrected chi connectivity index (χ3v) is 4.63. The number of carboxylic acid groups (broad SMARTS) is 3. The molecule has 3 fully saturated rings. The van der Waals surface area contributed by atoms with Crippen molar-refractivity contribution >= 4 is 17.9 Å². The van der Waals surface area contributed by atoms with E-state index in [4.69, 9.17) is 34.6 Å². The number of hydrogen-bond acceptors (Lipinski definition) is 10. The lowest BCUT2D eigenvalue weighted by Crippen LogP contribution is -2.42. The first-order valence-corrected chi connectivity index (χ1v) is 10.8. The molecule has 3 aliphatic rings. The summed E-state index contributed by atoms with van der Waals surface area (Å²) in [7, 11) is 0. The van der Waals surface area contributed by atoms with Crippen molar-refractivity contribution in [2.45, 2.75) is 76.6 Å². The summed E-state index contributed by atoms with van der Waals surface area (Å²) in [6.45, 7) is 17.4. The summed E-state index contributed by atoms with van der Waals surface area (Å²) in [6.07, 6.45) is -2.29. The molecule has 13 heteroatoms. The number of carbonyl (C=O) groups is 3. The zero-order valence-electron chi connectivity index (χ0n) is 20.9. The van der Waals surface area contributed by atoms with Crippen LogP contribution in [0.4, 0.5) is 0 Å². The molecule has 13 nitrogen and oxygen atoms in total. The van der Waals surface area contributed by atoms with Gasteiger partial charge in [-0.3, -0.25) is 25.5 Å². The van der Waals surface area contributed by atoms with Crippen LogP contribution in [0.1, 0.15) is 54.4 Å². The van der Waals surface area contributed by atoms with Gasteiger partial charge in [-0.2, -0.15) is 0 Å². The molecule has 0 bridgehead atoms. The maximum atomic E-state index is 10.3. The molecule has 0 unspecified atom stereocenters. The Hall–Kier alpha value is -1.87. The number of aliphatic hydroxyl groups is 1. The third kappa shape index (κ3) is 15.1. The minimum atomic E-state index is -2.74. The Morgan fingerprint density at radius 2 is 0.941 bits per heavy atom. The molecule has 0 saturated carbocycles.